The van der Waals surface area contributed by atoms with Crippen molar-refractivity contribution in [2.75, 3.05) is 31.1 Å². The normalized spacial score (nSPS) is 17.7. The van der Waals surface area contributed by atoms with Crippen molar-refractivity contribution in [3.8, 4) is 11.8 Å². The summed E-state index contributed by atoms with van der Waals surface area (Å²) in [6.07, 6.45) is 0.738. The molecule has 7 heteroatoms. The molecule has 39 heavy (non-hydrogen) atoms. The van der Waals surface area contributed by atoms with Crippen LogP contribution in [0.5, 0.6) is 0 Å². The molecule has 3 aromatic rings. The number of likely N-dealkylation sites (tertiary alicyclic amines) is 1. The van der Waals surface area contributed by atoms with Gasteiger partial charge in [-0.2, -0.15) is 13.2 Å². The van der Waals surface area contributed by atoms with E-state index in [2.05, 4.69) is 70.6 Å². The number of benzene rings is 2. The highest BCUT2D eigenvalue weighted by molar-refractivity contribution is 5.90. The molecular weight excluding hydrogens is 497 g/mol. The van der Waals surface area contributed by atoms with E-state index in [-0.39, 0.29) is 11.0 Å². The summed E-state index contributed by atoms with van der Waals surface area (Å²) < 4.78 is 38.9. The maximum atomic E-state index is 13.0. The highest BCUT2D eigenvalue weighted by Gasteiger charge is 2.45. The summed E-state index contributed by atoms with van der Waals surface area (Å²) in [5.41, 5.74) is 7.46. The number of halogens is 3. The van der Waals surface area contributed by atoms with Gasteiger partial charge in [-0.1, -0.05) is 24.1 Å². The van der Waals surface area contributed by atoms with Crippen LogP contribution < -0.4 is 4.90 Å². The van der Waals surface area contributed by atoms with Crippen LogP contribution in [0.15, 0.2) is 42.2 Å². The summed E-state index contributed by atoms with van der Waals surface area (Å²) in [5.74, 6) is 6.88. The molecule has 0 radical (unpaired) electrons. The van der Waals surface area contributed by atoms with Crippen molar-refractivity contribution in [3.05, 3.63) is 70.0 Å². The molecule has 1 spiro atoms. The lowest BCUT2D eigenvalue weighted by Gasteiger charge is -2.54. The molecule has 2 aliphatic heterocycles. The fraction of sp³-hybridized carbons (Fsp3) is 0.438. The van der Waals surface area contributed by atoms with Gasteiger partial charge in [0.2, 0.25) is 0 Å². The van der Waals surface area contributed by atoms with Crippen LogP contribution in [0.1, 0.15) is 54.5 Å². The third-order valence-corrected chi connectivity index (χ3v) is 8.27. The largest absolute Gasteiger partial charge is 0.393 e. The Balaban J connectivity index is 1.24. The Hall–Kier alpha value is -3.37. The van der Waals surface area contributed by atoms with E-state index in [0.717, 1.165) is 57.0 Å². The zero-order valence-electron chi connectivity index (χ0n) is 23.1. The van der Waals surface area contributed by atoms with Crippen molar-refractivity contribution in [2.24, 2.45) is 5.41 Å². The second-order valence-corrected chi connectivity index (χ2v) is 11.3. The van der Waals surface area contributed by atoms with E-state index in [1.807, 2.05) is 6.92 Å². The maximum Gasteiger partial charge on any atom is 0.393 e. The average molecular weight is 533 g/mol. The lowest BCUT2D eigenvalue weighted by molar-refractivity contribution is -0.127. The minimum atomic E-state index is -4.24. The number of aryl methyl sites for hydroxylation is 1. The SMILES string of the molecule is CC#C/C(C)=C/c1c(C)ccc(CN2CCC3(CC2)CN(c2ncnc4ccc(CC(F)(F)F)cc24)C3)c1C. The quantitative estimate of drug-likeness (QED) is 0.335. The molecule has 0 N–H and O–H groups in total. The minimum Gasteiger partial charge on any atom is -0.355 e. The van der Waals surface area contributed by atoms with Gasteiger partial charge in [-0.25, -0.2) is 9.97 Å². The summed E-state index contributed by atoms with van der Waals surface area (Å²) in [4.78, 5) is 13.5. The first-order chi connectivity index (χ1) is 18.6. The zero-order chi connectivity index (χ0) is 27.8. The van der Waals surface area contributed by atoms with Gasteiger partial charge < -0.3 is 4.90 Å². The third-order valence-electron chi connectivity index (χ3n) is 8.27. The number of allylic oxidation sites excluding steroid dienone is 1. The predicted molar refractivity (Wildman–Crippen MR) is 151 cm³/mol. The van der Waals surface area contributed by atoms with Crippen molar-refractivity contribution >= 4 is 22.8 Å². The number of piperidine rings is 1. The summed E-state index contributed by atoms with van der Waals surface area (Å²) >= 11 is 0. The number of rotatable bonds is 5. The van der Waals surface area contributed by atoms with Crippen LogP contribution in [0.2, 0.25) is 0 Å². The first kappa shape index (κ1) is 27.2. The third kappa shape index (κ3) is 5.96. The van der Waals surface area contributed by atoms with Crippen molar-refractivity contribution in [3.63, 3.8) is 0 Å². The van der Waals surface area contributed by atoms with Gasteiger partial charge in [-0.3, -0.25) is 4.90 Å². The van der Waals surface area contributed by atoms with Gasteiger partial charge in [0.25, 0.3) is 0 Å². The van der Waals surface area contributed by atoms with Gasteiger partial charge in [0.05, 0.1) is 11.9 Å². The molecule has 204 valence electrons. The van der Waals surface area contributed by atoms with Crippen molar-refractivity contribution in [1.29, 1.82) is 0 Å². The molecule has 2 fully saturated rings. The molecule has 2 aromatic carbocycles. The van der Waals surface area contributed by atoms with Gasteiger partial charge in [-0.15, -0.1) is 5.92 Å². The highest BCUT2D eigenvalue weighted by Crippen LogP contribution is 2.44. The van der Waals surface area contributed by atoms with Gasteiger partial charge in [0, 0.05) is 30.4 Å². The molecule has 2 saturated heterocycles. The molecule has 1 aromatic heterocycles. The van der Waals surface area contributed by atoms with E-state index in [1.165, 1.54) is 34.6 Å². The number of aromatic nitrogens is 2. The first-order valence-electron chi connectivity index (χ1n) is 13.5. The average Bonchev–Trinajstić information content (AvgIpc) is 2.86. The summed E-state index contributed by atoms with van der Waals surface area (Å²) in [6.45, 7) is 13.0. The molecule has 0 unspecified atom stereocenters. The number of hydrogen-bond donors (Lipinski definition) is 0. The number of hydrogen-bond acceptors (Lipinski definition) is 4. The number of nitrogens with zero attached hydrogens (tertiary/aromatic N) is 4. The highest BCUT2D eigenvalue weighted by atomic mass is 19.4. The van der Waals surface area contributed by atoms with Gasteiger partial charge in [0.15, 0.2) is 0 Å². The topological polar surface area (TPSA) is 32.3 Å². The lowest BCUT2D eigenvalue weighted by atomic mass is 9.72. The van der Waals surface area contributed by atoms with Crippen molar-refractivity contribution in [2.45, 2.75) is 59.7 Å². The van der Waals surface area contributed by atoms with Crippen LogP contribution in [-0.2, 0) is 13.0 Å². The molecule has 4 nitrogen and oxygen atoms in total. The van der Waals surface area contributed by atoms with E-state index >= 15 is 0 Å². The Labute approximate surface area is 228 Å². The minimum absolute atomic E-state index is 0.240. The van der Waals surface area contributed by atoms with Crippen molar-refractivity contribution < 1.29 is 13.2 Å². The summed E-state index contributed by atoms with van der Waals surface area (Å²) in [6, 6.07) is 9.25. The van der Waals surface area contributed by atoms with Gasteiger partial charge in [-0.05, 0) is 105 Å². The van der Waals surface area contributed by atoms with E-state index in [0.29, 0.717) is 10.9 Å². The molecule has 0 bridgehead atoms. The fourth-order valence-electron chi connectivity index (χ4n) is 6.09. The lowest BCUT2D eigenvalue weighted by Crippen LogP contribution is -2.60. The Morgan fingerprint density at radius 2 is 1.82 bits per heavy atom. The van der Waals surface area contributed by atoms with Crippen molar-refractivity contribution in [1.82, 2.24) is 14.9 Å². The van der Waals surface area contributed by atoms with E-state index in [4.69, 9.17) is 0 Å². The molecular formula is C32H35F3N4. The van der Waals surface area contributed by atoms with Crippen LogP contribution in [-0.4, -0.2) is 47.2 Å². The molecule has 0 saturated carbocycles. The Bertz CT molecular complexity index is 1460. The van der Waals surface area contributed by atoms with Crippen LogP contribution in [0, 0.1) is 31.1 Å². The smallest absolute Gasteiger partial charge is 0.355 e. The first-order valence-corrected chi connectivity index (χ1v) is 13.5. The van der Waals surface area contributed by atoms with E-state index in [1.54, 1.807) is 12.1 Å². The molecule has 0 amide bonds. The Morgan fingerprint density at radius 3 is 2.51 bits per heavy atom. The second kappa shape index (κ2) is 10.7. The van der Waals surface area contributed by atoms with Gasteiger partial charge >= 0.3 is 6.18 Å². The summed E-state index contributed by atoms with van der Waals surface area (Å²) in [7, 11) is 0. The maximum absolute atomic E-state index is 13.0. The Kier molecular flexibility index (Phi) is 7.43. The van der Waals surface area contributed by atoms with Crippen LogP contribution in [0.3, 0.4) is 0 Å². The Morgan fingerprint density at radius 1 is 1.08 bits per heavy atom. The molecule has 3 heterocycles. The zero-order valence-corrected chi connectivity index (χ0v) is 23.1. The number of anilines is 1. The van der Waals surface area contributed by atoms with Crippen LogP contribution in [0.4, 0.5) is 19.0 Å². The molecule has 2 aliphatic rings. The number of fused-ring (bicyclic) bond motifs is 1. The van der Waals surface area contributed by atoms with Crippen LogP contribution in [0.25, 0.3) is 17.0 Å². The molecule has 0 aliphatic carbocycles. The fourth-order valence-corrected chi connectivity index (χ4v) is 6.09. The van der Waals surface area contributed by atoms with Crippen LogP contribution >= 0.6 is 0 Å². The standard InChI is InChI=1S/C32H35F3N4/c1-5-6-22(2)15-27-23(3)7-9-26(24(27)4)18-38-13-11-31(12-14-38)19-39(20-31)30-28-16-25(17-32(33,34)35)8-10-29(28)36-21-37-30/h7-10,15-16,21H,11-14,17-20H2,1-4H3/b22-15+. The molecule has 0 atom stereocenters. The number of alkyl halides is 3. The monoisotopic (exact) mass is 532 g/mol. The van der Waals surface area contributed by atoms with Gasteiger partial charge in [0.1, 0.15) is 12.1 Å². The molecule has 5 rings (SSSR count). The van der Waals surface area contributed by atoms with E-state index in [9.17, 15) is 13.2 Å². The second-order valence-electron chi connectivity index (χ2n) is 11.3. The summed E-state index contributed by atoms with van der Waals surface area (Å²) in [5, 5.41) is 0.700. The van der Waals surface area contributed by atoms with E-state index < -0.39 is 12.6 Å². The predicted octanol–water partition coefficient (Wildman–Crippen LogP) is 6.88.